The number of nitrogen functional groups attached to an aromatic ring is 1. The van der Waals surface area contributed by atoms with Crippen molar-refractivity contribution in [3.05, 3.63) is 23.9 Å². The molecule has 1 aliphatic heterocycles. The van der Waals surface area contributed by atoms with Gasteiger partial charge in [0.15, 0.2) is 0 Å². The molecule has 0 saturated carbocycles. The molecule has 110 valence electrons. The van der Waals surface area contributed by atoms with Gasteiger partial charge in [-0.15, -0.1) is 0 Å². The van der Waals surface area contributed by atoms with E-state index in [2.05, 4.69) is 10.3 Å². The van der Waals surface area contributed by atoms with Crippen LogP contribution in [0.15, 0.2) is 18.3 Å². The Balaban J connectivity index is 2.29. The van der Waals surface area contributed by atoms with E-state index in [1.165, 1.54) is 13.3 Å². The topological polar surface area (TPSA) is 80.5 Å². The molecule has 2 heterocycles. The fourth-order valence-electron chi connectivity index (χ4n) is 2.13. The van der Waals surface area contributed by atoms with Crippen molar-refractivity contribution in [2.24, 2.45) is 0 Å². The number of alkyl halides is 2. The fourth-order valence-corrected chi connectivity index (χ4v) is 2.13. The quantitative estimate of drug-likeness (QED) is 0.865. The van der Waals surface area contributed by atoms with Crippen LogP contribution in [0.4, 0.5) is 19.4 Å². The van der Waals surface area contributed by atoms with Crippen molar-refractivity contribution >= 4 is 11.8 Å². The van der Waals surface area contributed by atoms with E-state index in [1.54, 1.807) is 12.1 Å². The molecule has 0 bridgehead atoms. The summed E-state index contributed by atoms with van der Waals surface area (Å²) in [5, 5.41) is 2.18. The van der Waals surface area contributed by atoms with Gasteiger partial charge in [0.25, 0.3) is 5.92 Å². The zero-order valence-electron chi connectivity index (χ0n) is 11.0. The minimum atomic E-state index is -2.97. The van der Waals surface area contributed by atoms with Gasteiger partial charge in [0, 0.05) is 13.3 Å². The number of methoxy groups -OCH3 is 1. The molecule has 0 aromatic carbocycles. The van der Waals surface area contributed by atoms with Crippen LogP contribution in [-0.2, 0) is 4.74 Å². The van der Waals surface area contributed by atoms with Gasteiger partial charge in [0.05, 0.1) is 25.7 Å². The molecule has 0 unspecified atom stereocenters. The number of urea groups is 1. The van der Waals surface area contributed by atoms with Gasteiger partial charge in [-0.25, -0.2) is 18.6 Å². The predicted octanol–water partition coefficient (Wildman–Crippen LogP) is 1.01. The number of carbonyl (C=O) groups excluding carboxylic acids is 1. The number of amides is 2. The predicted molar refractivity (Wildman–Crippen MR) is 68.3 cm³/mol. The molecule has 0 aliphatic carbocycles. The minimum Gasteiger partial charge on any atom is -0.384 e. The first-order chi connectivity index (χ1) is 9.43. The van der Waals surface area contributed by atoms with Crippen molar-refractivity contribution in [1.82, 2.24) is 15.2 Å². The van der Waals surface area contributed by atoms with Crippen LogP contribution in [0.5, 0.6) is 0 Å². The van der Waals surface area contributed by atoms with E-state index in [9.17, 15) is 13.6 Å². The normalized spacial score (nSPS) is 19.6. The highest BCUT2D eigenvalue weighted by atomic mass is 19.3. The maximum Gasteiger partial charge on any atom is 0.318 e. The van der Waals surface area contributed by atoms with Gasteiger partial charge in [-0.05, 0) is 17.7 Å². The van der Waals surface area contributed by atoms with E-state index >= 15 is 0 Å². The van der Waals surface area contributed by atoms with Crippen molar-refractivity contribution in [3.63, 3.8) is 0 Å². The Morgan fingerprint density at radius 3 is 3.05 bits per heavy atom. The van der Waals surface area contributed by atoms with Gasteiger partial charge in [-0.3, -0.25) is 0 Å². The molecule has 2 rings (SSSR count). The highest BCUT2D eigenvalue weighted by Crippen LogP contribution is 2.28. The van der Waals surface area contributed by atoms with Crippen molar-refractivity contribution in [3.8, 4) is 0 Å². The van der Waals surface area contributed by atoms with Gasteiger partial charge in [-0.1, -0.05) is 0 Å². The molecular formula is C12H16F2N4O2. The molecule has 2 amide bonds. The van der Waals surface area contributed by atoms with Gasteiger partial charge in [-0.2, -0.15) is 0 Å². The van der Waals surface area contributed by atoms with Crippen LogP contribution < -0.4 is 11.1 Å². The molecule has 1 aliphatic rings. The van der Waals surface area contributed by atoms with Gasteiger partial charge in [0.2, 0.25) is 0 Å². The second kappa shape index (κ2) is 5.58. The first-order valence-corrected chi connectivity index (χ1v) is 6.05. The number of anilines is 1. The number of nitrogens with two attached hydrogens (primary N) is 1. The van der Waals surface area contributed by atoms with Crippen molar-refractivity contribution < 1.29 is 18.3 Å². The number of hydrogen-bond acceptors (Lipinski definition) is 4. The number of aromatic nitrogens is 1. The lowest BCUT2D eigenvalue weighted by Crippen LogP contribution is -2.58. The monoisotopic (exact) mass is 286 g/mol. The van der Waals surface area contributed by atoms with Crippen molar-refractivity contribution in [1.29, 1.82) is 0 Å². The number of ether oxygens (including phenoxy) is 1. The number of nitrogens with one attached hydrogen (secondary N) is 1. The number of hydrogen-bond donors (Lipinski definition) is 2. The van der Waals surface area contributed by atoms with Gasteiger partial charge in [0.1, 0.15) is 5.82 Å². The zero-order chi connectivity index (χ0) is 14.8. The third-order valence-corrected chi connectivity index (χ3v) is 3.05. The van der Waals surface area contributed by atoms with E-state index < -0.39 is 31.1 Å². The van der Waals surface area contributed by atoms with E-state index in [-0.39, 0.29) is 12.4 Å². The third-order valence-electron chi connectivity index (χ3n) is 3.05. The maximum atomic E-state index is 13.5. The summed E-state index contributed by atoms with van der Waals surface area (Å²) < 4.78 is 32.0. The minimum absolute atomic E-state index is 0.0902. The number of rotatable bonds is 4. The smallest absolute Gasteiger partial charge is 0.318 e. The number of nitrogens with zero attached hydrogens (tertiary/aromatic N) is 2. The number of carbonyl (C=O) groups is 1. The summed E-state index contributed by atoms with van der Waals surface area (Å²) >= 11 is 0. The maximum absolute atomic E-state index is 13.5. The van der Waals surface area contributed by atoms with Crippen LogP contribution >= 0.6 is 0 Å². The first kappa shape index (κ1) is 14.4. The Hall–Kier alpha value is -1.96. The van der Waals surface area contributed by atoms with Crippen LogP contribution in [-0.4, -0.2) is 48.6 Å². The Labute approximate surface area is 114 Å². The molecular weight excluding hydrogens is 270 g/mol. The molecule has 3 N–H and O–H groups in total. The standard InChI is InChI=1S/C12H16F2N4O2/c1-20-5-9(8-2-3-16-10(15)4-8)18-7-12(13,14)6-17-11(18)19/h2-4,9H,5-7H2,1H3,(H2,15,16)(H,17,19)/t9-/m1/s1. The molecule has 1 saturated heterocycles. The molecule has 1 atom stereocenters. The van der Waals surface area contributed by atoms with Crippen LogP contribution in [0.3, 0.4) is 0 Å². The summed E-state index contributed by atoms with van der Waals surface area (Å²) in [6.45, 7) is -1.22. The van der Waals surface area contributed by atoms with E-state index in [0.29, 0.717) is 5.56 Å². The molecule has 0 radical (unpaired) electrons. The highest BCUT2D eigenvalue weighted by molar-refractivity contribution is 5.76. The average Bonchev–Trinajstić information content (AvgIpc) is 2.39. The Kier molecular flexibility index (Phi) is 4.03. The summed E-state index contributed by atoms with van der Waals surface area (Å²) in [4.78, 5) is 16.7. The Bertz CT molecular complexity index is 498. The van der Waals surface area contributed by atoms with Gasteiger partial charge < -0.3 is 20.7 Å². The van der Waals surface area contributed by atoms with Gasteiger partial charge >= 0.3 is 6.03 Å². The lowest BCUT2D eigenvalue weighted by molar-refractivity contribution is -0.0509. The van der Waals surface area contributed by atoms with E-state index in [4.69, 9.17) is 10.5 Å². The summed E-state index contributed by atoms with van der Waals surface area (Å²) in [5.74, 6) is -2.72. The Morgan fingerprint density at radius 2 is 2.40 bits per heavy atom. The van der Waals surface area contributed by atoms with E-state index in [0.717, 1.165) is 4.90 Å². The third kappa shape index (κ3) is 3.13. The van der Waals surface area contributed by atoms with Crippen LogP contribution in [0.1, 0.15) is 11.6 Å². The molecule has 0 spiro atoms. The second-order valence-electron chi connectivity index (χ2n) is 4.63. The van der Waals surface area contributed by atoms with Crippen molar-refractivity contribution in [2.75, 3.05) is 32.5 Å². The Morgan fingerprint density at radius 1 is 1.65 bits per heavy atom. The van der Waals surface area contributed by atoms with Crippen LogP contribution in [0, 0.1) is 0 Å². The summed E-state index contributed by atoms with van der Waals surface area (Å²) in [7, 11) is 1.44. The summed E-state index contributed by atoms with van der Waals surface area (Å²) in [6.07, 6.45) is 1.47. The summed E-state index contributed by atoms with van der Waals surface area (Å²) in [5.41, 5.74) is 6.19. The average molecular weight is 286 g/mol. The lowest BCUT2D eigenvalue weighted by Gasteiger charge is -2.38. The van der Waals surface area contributed by atoms with E-state index in [1.807, 2.05) is 0 Å². The molecule has 8 heteroatoms. The molecule has 1 fully saturated rings. The second-order valence-corrected chi connectivity index (χ2v) is 4.63. The van der Waals surface area contributed by atoms with Crippen LogP contribution in [0.2, 0.25) is 0 Å². The lowest BCUT2D eigenvalue weighted by atomic mass is 10.1. The molecule has 6 nitrogen and oxygen atoms in total. The molecule has 1 aromatic rings. The SMILES string of the molecule is COC[C@H](c1ccnc(N)c1)N1CC(F)(F)CNC1=O. The van der Waals surface area contributed by atoms with Crippen LogP contribution in [0.25, 0.3) is 0 Å². The fraction of sp³-hybridized carbons (Fsp3) is 0.500. The number of pyridine rings is 1. The summed E-state index contributed by atoms with van der Waals surface area (Å²) in [6, 6.07) is 1.98. The molecule has 20 heavy (non-hydrogen) atoms. The highest BCUT2D eigenvalue weighted by Gasteiger charge is 2.42. The molecule has 1 aromatic heterocycles. The zero-order valence-corrected chi connectivity index (χ0v) is 11.0. The first-order valence-electron chi connectivity index (χ1n) is 6.05. The number of halogens is 2. The van der Waals surface area contributed by atoms with Crippen molar-refractivity contribution in [2.45, 2.75) is 12.0 Å². The largest absolute Gasteiger partial charge is 0.384 e.